The van der Waals surface area contributed by atoms with Crippen LogP contribution in [0, 0.1) is 0 Å². The predicted octanol–water partition coefficient (Wildman–Crippen LogP) is -5.53. The molecule has 0 aromatic rings. The Hall–Kier alpha value is 1.41. The molecule has 0 bridgehead atoms. The fourth-order valence-electron chi connectivity index (χ4n) is 0.285. The molecule has 70 valence electrons. The summed E-state index contributed by atoms with van der Waals surface area (Å²) >= 11 is -2.61. The molecule has 0 aromatic carbocycles. The van der Waals surface area contributed by atoms with Gasteiger partial charge in [-0.3, -0.25) is 9.11 Å². The molecule has 0 saturated heterocycles. The zero-order chi connectivity index (χ0) is 9.11. The molecule has 13 heavy (non-hydrogen) atoms. The molecule has 0 radical (unpaired) electrons. The van der Waals surface area contributed by atoms with E-state index in [1.54, 1.807) is 0 Å². The van der Waals surface area contributed by atoms with E-state index in [0.29, 0.717) is 19.3 Å². The summed E-state index contributed by atoms with van der Waals surface area (Å²) in [4.78, 5) is 19.1. The third-order valence-corrected chi connectivity index (χ3v) is 0.644. The van der Waals surface area contributed by atoms with Gasteiger partial charge in [-0.25, -0.2) is 0 Å². The van der Waals surface area contributed by atoms with E-state index in [1.165, 1.54) is 0 Å². The van der Waals surface area contributed by atoms with Gasteiger partial charge < -0.3 is 12.4 Å². The van der Waals surface area contributed by atoms with Gasteiger partial charge in [-0.15, -0.1) is 0 Å². The molecular weight excluding hydrogens is 218 g/mol. The molecule has 5 nitrogen and oxygen atoms in total. The first-order chi connectivity index (χ1) is 5.15. The van der Waals surface area contributed by atoms with Crippen molar-refractivity contribution in [2.45, 2.75) is 19.3 Å². The zero-order valence-corrected chi connectivity index (χ0v) is 12.6. The van der Waals surface area contributed by atoms with Gasteiger partial charge in [0.05, 0.1) is 0 Å². The Kier molecular flexibility index (Phi) is 42.9. The standard InChI is InChI=1S/C5H8O2.2Na.H2O3S.2H/c6-4-2-1-3-5-7;;;1-4(2)3;;/h4-5H,1-3H2;;;(H2,1,2,3);;/q;2*+1;;2*-1. The second-order valence-corrected chi connectivity index (χ2v) is 1.96. The number of unbranched alkanes of at least 4 members (excludes halogenated alkanes) is 2. The summed E-state index contributed by atoms with van der Waals surface area (Å²) in [5.41, 5.74) is 0. The van der Waals surface area contributed by atoms with E-state index in [4.69, 9.17) is 13.3 Å². The van der Waals surface area contributed by atoms with Crippen LogP contribution in [0.5, 0.6) is 0 Å². The van der Waals surface area contributed by atoms with Crippen molar-refractivity contribution in [3.05, 3.63) is 0 Å². The summed E-state index contributed by atoms with van der Waals surface area (Å²) in [5.74, 6) is 0. The average molecular weight is 230 g/mol. The normalized spacial score (nSPS) is 7.00. The second-order valence-electron chi connectivity index (χ2n) is 1.49. The third-order valence-electron chi connectivity index (χ3n) is 0.644. The topological polar surface area (TPSA) is 91.7 Å². The maximum absolute atomic E-state index is 9.56. The fourth-order valence-corrected chi connectivity index (χ4v) is 0.285. The summed E-state index contributed by atoms with van der Waals surface area (Å²) in [7, 11) is 0. The van der Waals surface area contributed by atoms with Crippen molar-refractivity contribution in [1.29, 1.82) is 0 Å². The molecule has 0 aliphatic heterocycles. The van der Waals surface area contributed by atoms with E-state index < -0.39 is 11.4 Å². The van der Waals surface area contributed by atoms with Crippen molar-refractivity contribution in [2.75, 3.05) is 0 Å². The van der Waals surface area contributed by atoms with E-state index in [2.05, 4.69) is 0 Å². The molecule has 0 heterocycles. The minimum Gasteiger partial charge on any atom is -1.00 e. The van der Waals surface area contributed by atoms with Crippen molar-refractivity contribution < 1.29 is 84.9 Å². The molecule has 0 rings (SSSR count). The van der Waals surface area contributed by atoms with Crippen LogP contribution in [0.3, 0.4) is 0 Å². The molecule has 0 amide bonds. The van der Waals surface area contributed by atoms with Gasteiger partial charge in [0.25, 0.3) is 11.4 Å². The first-order valence-corrected chi connectivity index (χ1v) is 3.88. The Balaban J connectivity index is -0.0000000230. The van der Waals surface area contributed by atoms with Crippen LogP contribution in [0.1, 0.15) is 22.1 Å². The Morgan fingerprint density at radius 2 is 1.31 bits per heavy atom. The predicted molar refractivity (Wildman–Crippen MR) is 41.6 cm³/mol. The van der Waals surface area contributed by atoms with E-state index in [-0.39, 0.29) is 62.0 Å². The molecule has 0 saturated carbocycles. The van der Waals surface area contributed by atoms with Gasteiger partial charge >= 0.3 is 59.1 Å². The number of hydrogen-bond acceptors (Lipinski definition) is 3. The first-order valence-electron chi connectivity index (χ1n) is 2.82. The average Bonchev–Trinajstić information content (AvgIpc) is 1.88. The van der Waals surface area contributed by atoms with Crippen molar-refractivity contribution in [2.24, 2.45) is 0 Å². The quantitative estimate of drug-likeness (QED) is 0.217. The Labute approximate surface area is 127 Å². The van der Waals surface area contributed by atoms with Crippen LogP contribution in [0.4, 0.5) is 0 Å². The summed E-state index contributed by atoms with van der Waals surface area (Å²) in [5, 5.41) is 0. The van der Waals surface area contributed by atoms with Crippen LogP contribution in [-0.2, 0) is 21.0 Å². The molecule has 0 atom stereocenters. The van der Waals surface area contributed by atoms with Gasteiger partial charge in [-0.2, -0.15) is 4.21 Å². The van der Waals surface area contributed by atoms with Gasteiger partial charge in [0.2, 0.25) is 0 Å². The molecule has 0 aliphatic rings. The largest absolute Gasteiger partial charge is 1.00 e. The van der Waals surface area contributed by atoms with Crippen molar-refractivity contribution >= 4 is 23.9 Å². The molecule has 2 N–H and O–H groups in total. The number of carbonyl (C=O) groups is 2. The number of aldehydes is 2. The zero-order valence-electron chi connectivity index (χ0n) is 9.80. The van der Waals surface area contributed by atoms with Gasteiger partial charge in [0, 0.05) is 12.8 Å². The number of rotatable bonds is 4. The third kappa shape index (κ3) is 59.6. The molecule has 8 heteroatoms. The smallest absolute Gasteiger partial charge is 1.00 e. The molecular formula is C5H12Na2O5S. The second kappa shape index (κ2) is 23.3. The summed E-state index contributed by atoms with van der Waals surface area (Å²) < 4.78 is 22.8. The van der Waals surface area contributed by atoms with Gasteiger partial charge in [-0.1, -0.05) is 0 Å². The van der Waals surface area contributed by atoms with E-state index in [9.17, 15) is 9.59 Å². The number of carbonyl (C=O) groups excluding carboxylic acids is 2. The Morgan fingerprint density at radius 3 is 1.46 bits per heavy atom. The molecule has 0 unspecified atom stereocenters. The van der Waals surface area contributed by atoms with E-state index in [1.807, 2.05) is 0 Å². The van der Waals surface area contributed by atoms with E-state index >= 15 is 0 Å². The number of hydrogen-bond donors (Lipinski definition) is 2. The fraction of sp³-hybridized carbons (Fsp3) is 0.600. The van der Waals surface area contributed by atoms with Crippen LogP contribution in [-0.4, -0.2) is 25.9 Å². The van der Waals surface area contributed by atoms with Crippen LogP contribution in [0.2, 0.25) is 0 Å². The Morgan fingerprint density at radius 1 is 1.08 bits per heavy atom. The molecule has 0 fully saturated rings. The first kappa shape index (κ1) is 23.9. The molecule has 0 aromatic heterocycles. The van der Waals surface area contributed by atoms with Crippen LogP contribution in [0.15, 0.2) is 0 Å². The van der Waals surface area contributed by atoms with Crippen molar-refractivity contribution in [3.8, 4) is 0 Å². The van der Waals surface area contributed by atoms with Crippen LogP contribution >= 0.6 is 0 Å². The van der Waals surface area contributed by atoms with Gasteiger partial charge in [-0.05, 0) is 6.42 Å². The minimum atomic E-state index is -2.61. The van der Waals surface area contributed by atoms with Crippen LogP contribution < -0.4 is 59.1 Å². The summed E-state index contributed by atoms with van der Waals surface area (Å²) in [6.07, 6.45) is 3.37. The van der Waals surface area contributed by atoms with E-state index in [0.717, 1.165) is 12.6 Å². The monoisotopic (exact) mass is 230 g/mol. The molecule has 0 aliphatic carbocycles. The Bertz CT molecular complexity index is 129. The maximum Gasteiger partial charge on any atom is 1.00 e. The van der Waals surface area contributed by atoms with Crippen LogP contribution in [0.25, 0.3) is 0 Å². The molecule has 0 spiro atoms. The summed E-state index contributed by atoms with van der Waals surface area (Å²) in [6.45, 7) is 0. The maximum atomic E-state index is 9.56. The van der Waals surface area contributed by atoms with Gasteiger partial charge in [0.1, 0.15) is 12.6 Å². The van der Waals surface area contributed by atoms with Gasteiger partial charge in [0.15, 0.2) is 0 Å². The SMILES string of the molecule is O=CCCCC=O.O=S(O)O.[H-].[H-].[Na+].[Na+]. The van der Waals surface area contributed by atoms with Crippen molar-refractivity contribution in [1.82, 2.24) is 0 Å². The van der Waals surface area contributed by atoms with Crippen molar-refractivity contribution in [3.63, 3.8) is 0 Å². The summed E-state index contributed by atoms with van der Waals surface area (Å²) in [6, 6.07) is 0. The minimum absolute atomic E-state index is 0.